The van der Waals surface area contributed by atoms with Gasteiger partial charge in [0.05, 0.1) is 16.9 Å². The van der Waals surface area contributed by atoms with E-state index in [-0.39, 0.29) is 18.4 Å². The summed E-state index contributed by atoms with van der Waals surface area (Å²) in [5.74, 6) is 0.109. The molecule has 0 aliphatic carbocycles. The molecule has 1 amide bonds. The lowest BCUT2D eigenvalue weighted by molar-refractivity contribution is 0.0627. The topological polar surface area (TPSA) is 46.9 Å². The second-order valence-electron chi connectivity index (χ2n) is 9.58. The Labute approximate surface area is 219 Å². The van der Waals surface area contributed by atoms with Gasteiger partial charge in [0, 0.05) is 44.5 Å². The van der Waals surface area contributed by atoms with Gasteiger partial charge in [-0.3, -0.25) is 9.69 Å². The molecule has 0 atom stereocenters. The second kappa shape index (κ2) is 9.95. The van der Waals surface area contributed by atoms with E-state index in [0.717, 1.165) is 48.3 Å². The van der Waals surface area contributed by atoms with Crippen LogP contribution in [0.5, 0.6) is 11.5 Å². The number of fused-ring (bicyclic) bond motifs is 1. The number of carbonyl (C=O) groups excluding carboxylic acids is 1. The van der Waals surface area contributed by atoms with Crippen molar-refractivity contribution < 1.29 is 23.0 Å². The molecular formula is C30H27F2N3O3. The fourth-order valence-electron chi connectivity index (χ4n) is 5.19. The van der Waals surface area contributed by atoms with Crippen molar-refractivity contribution in [3.05, 3.63) is 101 Å². The average molecular weight is 516 g/mol. The summed E-state index contributed by atoms with van der Waals surface area (Å²) < 4.78 is 41.1. The number of benzene rings is 3. The van der Waals surface area contributed by atoms with Crippen molar-refractivity contribution >= 4 is 5.91 Å². The highest BCUT2D eigenvalue weighted by molar-refractivity contribution is 5.97. The first-order valence-corrected chi connectivity index (χ1v) is 12.6. The summed E-state index contributed by atoms with van der Waals surface area (Å²) in [5, 5.41) is 0. The first-order valence-electron chi connectivity index (χ1n) is 12.6. The number of piperazine rings is 1. The Morgan fingerprint density at radius 3 is 2.39 bits per heavy atom. The van der Waals surface area contributed by atoms with E-state index in [9.17, 15) is 13.6 Å². The van der Waals surface area contributed by atoms with Crippen LogP contribution in [-0.2, 0) is 6.54 Å². The number of amides is 1. The van der Waals surface area contributed by atoms with E-state index in [0.29, 0.717) is 30.0 Å². The van der Waals surface area contributed by atoms with Crippen LogP contribution in [0.25, 0.3) is 16.9 Å². The van der Waals surface area contributed by atoms with Gasteiger partial charge >= 0.3 is 0 Å². The molecular weight excluding hydrogens is 488 g/mol. The number of rotatable bonds is 5. The van der Waals surface area contributed by atoms with Gasteiger partial charge in [-0.1, -0.05) is 36.4 Å². The van der Waals surface area contributed by atoms with Crippen LogP contribution < -0.4 is 9.47 Å². The highest BCUT2D eigenvalue weighted by atomic mass is 19.1. The molecule has 0 unspecified atom stereocenters. The summed E-state index contributed by atoms with van der Waals surface area (Å²) in [6, 6.07) is 20.8. The summed E-state index contributed by atoms with van der Waals surface area (Å²) in [4.78, 5) is 17.8. The maximum absolute atomic E-state index is 14.9. The zero-order valence-corrected chi connectivity index (χ0v) is 21.0. The number of nitrogens with zero attached hydrogens (tertiary/aromatic N) is 3. The highest BCUT2D eigenvalue weighted by Crippen LogP contribution is 2.34. The number of hydrogen-bond acceptors (Lipinski definition) is 4. The minimum absolute atomic E-state index is 0.0938. The smallest absolute Gasteiger partial charge is 0.255 e. The Morgan fingerprint density at radius 2 is 1.63 bits per heavy atom. The molecule has 2 aliphatic heterocycles. The van der Waals surface area contributed by atoms with Gasteiger partial charge in [-0.25, -0.2) is 8.78 Å². The number of halogens is 2. The third kappa shape index (κ3) is 4.52. The van der Waals surface area contributed by atoms with Crippen molar-refractivity contribution in [3.63, 3.8) is 0 Å². The van der Waals surface area contributed by atoms with Crippen molar-refractivity contribution in [2.45, 2.75) is 13.5 Å². The van der Waals surface area contributed by atoms with Crippen LogP contribution >= 0.6 is 0 Å². The van der Waals surface area contributed by atoms with Gasteiger partial charge in [0.15, 0.2) is 11.5 Å². The molecule has 0 spiro atoms. The molecule has 38 heavy (non-hydrogen) atoms. The molecule has 0 bridgehead atoms. The van der Waals surface area contributed by atoms with E-state index in [1.165, 1.54) is 12.1 Å². The van der Waals surface area contributed by atoms with E-state index < -0.39 is 11.6 Å². The summed E-state index contributed by atoms with van der Waals surface area (Å²) in [6.45, 7) is 5.45. The van der Waals surface area contributed by atoms with Gasteiger partial charge in [0.1, 0.15) is 11.6 Å². The summed E-state index contributed by atoms with van der Waals surface area (Å²) in [5.41, 5.74) is 3.98. The Morgan fingerprint density at radius 1 is 0.868 bits per heavy atom. The van der Waals surface area contributed by atoms with E-state index in [4.69, 9.17) is 9.47 Å². The minimum Gasteiger partial charge on any atom is -0.454 e. The summed E-state index contributed by atoms with van der Waals surface area (Å²) >= 11 is 0. The quantitative estimate of drug-likeness (QED) is 0.356. The zero-order valence-electron chi connectivity index (χ0n) is 21.0. The van der Waals surface area contributed by atoms with Crippen LogP contribution in [0.4, 0.5) is 8.78 Å². The molecule has 2 aliphatic rings. The monoisotopic (exact) mass is 515 g/mol. The Kier molecular flexibility index (Phi) is 6.33. The fraction of sp³-hybridized carbons (Fsp3) is 0.233. The molecule has 6 nitrogen and oxygen atoms in total. The van der Waals surface area contributed by atoms with Crippen molar-refractivity contribution in [3.8, 4) is 28.4 Å². The largest absolute Gasteiger partial charge is 0.454 e. The van der Waals surface area contributed by atoms with E-state index >= 15 is 0 Å². The van der Waals surface area contributed by atoms with Crippen LogP contribution in [-0.4, -0.2) is 53.2 Å². The third-order valence-corrected chi connectivity index (χ3v) is 7.20. The molecule has 3 aromatic carbocycles. The molecule has 194 valence electrons. The maximum Gasteiger partial charge on any atom is 0.255 e. The first kappa shape index (κ1) is 24.2. The van der Waals surface area contributed by atoms with Crippen molar-refractivity contribution in [1.29, 1.82) is 0 Å². The fourth-order valence-corrected chi connectivity index (χ4v) is 5.19. The highest BCUT2D eigenvalue weighted by Gasteiger charge is 2.27. The van der Waals surface area contributed by atoms with Gasteiger partial charge in [-0.15, -0.1) is 0 Å². The number of carbonyl (C=O) groups is 1. The first-order chi connectivity index (χ1) is 18.5. The van der Waals surface area contributed by atoms with Gasteiger partial charge in [-0.05, 0) is 48.4 Å². The van der Waals surface area contributed by atoms with Gasteiger partial charge < -0.3 is 18.9 Å². The third-order valence-electron chi connectivity index (χ3n) is 7.20. The predicted octanol–water partition coefficient (Wildman–Crippen LogP) is 5.42. The number of ether oxygens (including phenoxy) is 2. The van der Waals surface area contributed by atoms with Crippen LogP contribution in [0.3, 0.4) is 0 Å². The van der Waals surface area contributed by atoms with Gasteiger partial charge in [0.25, 0.3) is 5.91 Å². The van der Waals surface area contributed by atoms with Gasteiger partial charge in [0.2, 0.25) is 6.79 Å². The van der Waals surface area contributed by atoms with Crippen LogP contribution in [0, 0.1) is 18.6 Å². The molecule has 8 heteroatoms. The lowest BCUT2D eigenvalue weighted by Crippen LogP contribution is -2.48. The zero-order chi connectivity index (χ0) is 26.2. The lowest BCUT2D eigenvalue weighted by atomic mass is 10.1. The van der Waals surface area contributed by atoms with Crippen molar-refractivity contribution in [1.82, 2.24) is 14.4 Å². The number of hydrogen-bond donors (Lipinski definition) is 0. The van der Waals surface area contributed by atoms with Crippen LogP contribution in [0.15, 0.2) is 72.8 Å². The normalized spacial score (nSPS) is 15.2. The van der Waals surface area contributed by atoms with E-state index in [1.807, 2.05) is 59.5 Å². The lowest BCUT2D eigenvalue weighted by Gasteiger charge is -2.34. The van der Waals surface area contributed by atoms with E-state index in [2.05, 4.69) is 4.90 Å². The van der Waals surface area contributed by atoms with Crippen molar-refractivity contribution in [2.24, 2.45) is 0 Å². The molecule has 0 saturated carbocycles. The number of aromatic nitrogens is 1. The maximum atomic E-state index is 14.9. The van der Waals surface area contributed by atoms with Crippen molar-refractivity contribution in [2.75, 3.05) is 33.0 Å². The molecule has 1 fully saturated rings. The van der Waals surface area contributed by atoms with Crippen LogP contribution in [0.2, 0.25) is 0 Å². The SMILES string of the molecule is Cc1c(C(=O)N2CCN(Cc3ccc4c(c3)OCO4)CC2)cc(-c2ccccc2)n1-c1ccc(F)cc1F. The molecule has 6 rings (SSSR count). The molecule has 3 heterocycles. The van der Waals surface area contributed by atoms with E-state index in [1.54, 1.807) is 11.5 Å². The Balaban J connectivity index is 1.23. The Bertz CT molecular complexity index is 1490. The predicted molar refractivity (Wildman–Crippen MR) is 140 cm³/mol. The second-order valence-corrected chi connectivity index (χ2v) is 9.58. The summed E-state index contributed by atoms with van der Waals surface area (Å²) in [7, 11) is 0. The van der Waals surface area contributed by atoms with Gasteiger partial charge in [-0.2, -0.15) is 0 Å². The Hall–Kier alpha value is -4.17. The standard InChI is InChI=1S/C30H27F2N3O3/c1-20-24(17-27(22-5-3-2-4-6-22)35(20)26-9-8-23(31)16-25(26)32)30(36)34-13-11-33(12-14-34)18-21-7-10-28-29(15-21)38-19-37-28/h2-10,15-17H,11-14,18-19H2,1H3. The molecule has 4 aromatic rings. The molecule has 0 N–H and O–H groups in total. The molecule has 0 radical (unpaired) electrons. The minimum atomic E-state index is -0.683. The molecule has 1 saturated heterocycles. The average Bonchev–Trinajstić information content (AvgIpc) is 3.53. The molecule has 1 aromatic heterocycles. The van der Waals surface area contributed by atoms with Crippen LogP contribution in [0.1, 0.15) is 21.6 Å². The summed E-state index contributed by atoms with van der Waals surface area (Å²) in [6.07, 6.45) is 0.